The van der Waals surface area contributed by atoms with Gasteiger partial charge in [0.05, 0.1) is 20.3 Å². The molecule has 5 heteroatoms. The highest BCUT2D eigenvalue weighted by Gasteiger charge is 2.17. The van der Waals surface area contributed by atoms with E-state index in [1.54, 1.807) is 0 Å². The number of methoxy groups -OCH3 is 1. The summed E-state index contributed by atoms with van der Waals surface area (Å²) in [6, 6.07) is 0.292. The third-order valence-electron chi connectivity index (χ3n) is 3.11. The second kappa shape index (κ2) is 8.45. The zero-order valence-electron chi connectivity index (χ0n) is 11.7. The number of hydrogen-bond donors (Lipinski definition) is 0. The van der Waals surface area contributed by atoms with Gasteiger partial charge in [-0.2, -0.15) is 0 Å². The molecule has 0 radical (unpaired) electrons. The molecule has 1 heterocycles. The lowest BCUT2D eigenvalue weighted by molar-refractivity contribution is -0.165. The Kier molecular flexibility index (Phi) is 7.23. The van der Waals surface area contributed by atoms with E-state index in [-0.39, 0.29) is 12.3 Å². The van der Waals surface area contributed by atoms with E-state index in [0.29, 0.717) is 25.7 Å². The maximum atomic E-state index is 11.3. The first-order valence-electron chi connectivity index (χ1n) is 6.67. The first-order valence-corrected chi connectivity index (χ1v) is 6.67. The fourth-order valence-electron chi connectivity index (χ4n) is 1.89. The third kappa shape index (κ3) is 5.80. The van der Waals surface area contributed by atoms with Crippen molar-refractivity contribution < 1.29 is 19.0 Å². The molecule has 1 aliphatic heterocycles. The van der Waals surface area contributed by atoms with Crippen molar-refractivity contribution in [1.82, 2.24) is 4.90 Å². The Balaban J connectivity index is 2.22. The summed E-state index contributed by atoms with van der Waals surface area (Å²) in [5, 5.41) is 0. The van der Waals surface area contributed by atoms with Crippen LogP contribution in [0.1, 0.15) is 33.1 Å². The van der Waals surface area contributed by atoms with Gasteiger partial charge in [-0.25, -0.2) is 0 Å². The van der Waals surface area contributed by atoms with Crippen LogP contribution in [0.2, 0.25) is 0 Å². The van der Waals surface area contributed by atoms with Gasteiger partial charge in [0.1, 0.15) is 0 Å². The molecule has 1 fully saturated rings. The van der Waals surface area contributed by atoms with Crippen LogP contribution in [0.3, 0.4) is 0 Å². The highest BCUT2D eigenvalue weighted by atomic mass is 16.7. The van der Waals surface area contributed by atoms with Crippen molar-refractivity contribution in [2.45, 2.75) is 45.4 Å². The molecule has 0 N–H and O–H groups in total. The molecule has 0 spiro atoms. The quantitative estimate of drug-likeness (QED) is 0.647. The average Bonchev–Trinajstić information content (AvgIpc) is 2.38. The molecule has 0 amide bonds. The summed E-state index contributed by atoms with van der Waals surface area (Å²) in [5.74, 6) is -0.211. The first kappa shape index (κ1) is 15.4. The number of carbonyl (C=O) groups is 1. The lowest BCUT2D eigenvalue weighted by Crippen LogP contribution is -2.39. The van der Waals surface area contributed by atoms with E-state index in [1.807, 2.05) is 4.90 Å². The zero-order chi connectivity index (χ0) is 13.4. The van der Waals surface area contributed by atoms with E-state index in [0.717, 1.165) is 19.4 Å². The number of rotatable bonds is 7. The van der Waals surface area contributed by atoms with Crippen molar-refractivity contribution >= 4 is 5.97 Å². The molecule has 1 saturated heterocycles. The van der Waals surface area contributed by atoms with Gasteiger partial charge in [-0.15, -0.1) is 0 Å². The zero-order valence-corrected chi connectivity index (χ0v) is 11.7. The van der Waals surface area contributed by atoms with E-state index < -0.39 is 0 Å². The molecular weight excluding hydrogens is 234 g/mol. The molecule has 18 heavy (non-hydrogen) atoms. The number of ether oxygens (including phenoxy) is 3. The normalized spacial score (nSPS) is 20.4. The summed E-state index contributed by atoms with van der Waals surface area (Å²) < 4.78 is 15.8. The molecule has 0 bridgehead atoms. The lowest BCUT2D eigenvalue weighted by Gasteiger charge is -2.27. The Morgan fingerprint density at radius 3 is 2.78 bits per heavy atom. The Morgan fingerprint density at radius 2 is 2.22 bits per heavy atom. The van der Waals surface area contributed by atoms with Crippen LogP contribution in [0.4, 0.5) is 0 Å². The van der Waals surface area contributed by atoms with Crippen LogP contribution in [-0.4, -0.2) is 56.6 Å². The molecule has 0 saturated carbocycles. The molecule has 1 aliphatic rings. The van der Waals surface area contributed by atoms with Crippen LogP contribution in [0, 0.1) is 0 Å². The molecule has 1 unspecified atom stereocenters. The van der Waals surface area contributed by atoms with Crippen LogP contribution in [0.5, 0.6) is 0 Å². The predicted octanol–water partition coefficient (Wildman–Crippen LogP) is 1.41. The van der Waals surface area contributed by atoms with Crippen molar-refractivity contribution in [1.29, 1.82) is 0 Å². The monoisotopic (exact) mass is 259 g/mol. The Morgan fingerprint density at radius 1 is 1.44 bits per heavy atom. The first-order chi connectivity index (χ1) is 8.63. The summed E-state index contributed by atoms with van der Waals surface area (Å²) in [6.45, 7) is 6.51. The minimum Gasteiger partial charge on any atom is -0.468 e. The van der Waals surface area contributed by atoms with E-state index >= 15 is 0 Å². The predicted molar refractivity (Wildman–Crippen MR) is 68.3 cm³/mol. The van der Waals surface area contributed by atoms with Gasteiger partial charge < -0.3 is 14.2 Å². The molecule has 0 aliphatic carbocycles. The summed E-state index contributed by atoms with van der Waals surface area (Å²) in [6.07, 6.45) is 3.20. The fourth-order valence-corrected chi connectivity index (χ4v) is 1.89. The minimum absolute atomic E-state index is 0.0640. The average molecular weight is 259 g/mol. The second-order valence-corrected chi connectivity index (χ2v) is 4.81. The topological polar surface area (TPSA) is 48.0 Å². The highest BCUT2D eigenvalue weighted by molar-refractivity contribution is 5.71. The minimum atomic E-state index is -0.211. The van der Waals surface area contributed by atoms with E-state index in [9.17, 15) is 4.79 Å². The number of hydrogen-bond acceptors (Lipinski definition) is 5. The Bertz CT molecular complexity index is 239. The van der Waals surface area contributed by atoms with Gasteiger partial charge >= 0.3 is 5.97 Å². The van der Waals surface area contributed by atoms with E-state index in [2.05, 4.69) is 18.6 Å². The van der Waals surface area contributed by atoms with Gasteiger partial charge in [-0.3, -0.25) is 9.69 Å². The SMILES string of the molecule is COC(=O)CN(CCOC1CCCCO1)C(C)C. The molecule has 0 aromatic carbocycles. The summed E-state index contributed by atoms with van der Waals surface area (Å²) in [5.41, 5.74) is 0. The third-order valence-corrected chi connectivity index (χ3v) is 3.11. The Hall–Kier alpha value is -0.650. The molecule has 5 nitrogen and oxygen atoms in total. The van der Waals surface area contributed by atoms with Crippen LogP contribution < -0.4 is 0 Å². The van der Waals surface area contributed by atoms with Crippen molar-refractivity contribution in [3.8, 4) is 0 Å². The fraction of sp³-hybridized carbons (Fsp3) is 0.923. The number of esters is 1. The molecule has 106 valence electrons. The summed E-state index contributed by atoms with van der Waals surface area (Å²) in [7, 11) is 1.41. The van der Waals surface area contributed by atoms with Crippen LogP contribution in [-0.2, 0) is 19.0 Å². The maximum Gasteiger partial charge on any atom is 0.319 e. The second-order valence-electron chi connectivity index (χ2n) is 4.81. The molecule has 1 rings (SSSR count). The van der Waals surface area contributed by atoms with Crippen LogP contribution in [0.25, 0.3) is 0 Å². The van der Waals surface area contributed by atoms with Gasteiger partial charge in [0.15, 0.2) is 6.29 Å². The van der Waals surface area contributed by atoms with Crippen molar-refractivity contribution in [2.75, 3.05) is 33.4 Å². The summed E-state index contributed by atoms with van der Waals surface area (Å²) >= 11 is 0. The van der Waals surface area contributed by atoms with Gasteiger partial charge in [0.25, 0.3) is 0 Å². The van der Waals surface area contributed by atoms with Gasteiger partial charge in [0, 0.05) is 19.2 Å². The van der Waals surface area contributed by atoms with Crippen molar-refractivity contribution in [2.24, 2.45) is 0 Å². The molecule has 0 aromatic heterocycles. The number of carbonyl (C=O) groups excluding carboxylic acids is 1. The van der Waals surface area contributed by atoms with Gasteiger partial charge in [-0.05, 0) is 33.1 Å². The van der Waals surface area contributed by atoms with Crippen molar-refractivity contribution in [3.63, 3.8) is 0 Å². The maximum absolute atomic E-state index is 11.3. The largest absolute Gasteiger partial charge is 0.468 e. The lowest BCUT2D eigenvalue weighted by atomic mass is 10.2. The van der Waals surface area contributed by atoms with E-state index in [4.69, 9.17) is 9.47 Å². The molecule has 1 atom stereocenters. The van der Waals surface area contributed by atoms with Gasteiger partial charge in [0.2, 0.25) is 0 Å². The summed E-state index contributed by atoms with van der Waals surface area (Å²) in [4.78, 5) is 13.3. The molecular formula is C13H25NO4. The smallest absolute Gasteiger partial charge is 0.319 e. The molecule has 0 aromatic rings. The highest BCUT2D eigenvalue weighted by Crippen LogP contribution is 2.13. The van der Waals surface area contributed by atoms with E-state index in [1.165, 1.54) is 13.5 Å². The number of nitrogens with zero attached hydrogens (tertiary/aromatic N) is 1. The van der Waals surface area contributed by atoms with Crippen molar-refractivity contribution in [3.05, 3.63) is 0 Å². The van der Waals surface area contributed by atoms with Crippen LogP contribution in [0.15, 0.2) is 0 Å². The standard InChI is InChI=1S/C13H25NO4/c1-11(2)14(10-12(15)16-3)7-9-18-13-6-4-5-8-17-13/h11,13H,4-10H2,1-3H3. The van der Waals surface area contributed by atoms with Crippen LogP contribution >= 0.6 is 0 Å². The Labute approximate surface area is 109 Å². The van der Waals surface area contributed by atoms with Gasteiger partial charge in [-0.1, -0.05) is 0 Å².